The van der Waals surface area contributed by atoms with Crippen molar-refractivity contribution in [3.63, 3.8) is 0 Å². The zero-order chi connectivity index (χ0) is 17.5. The SMILES string of the molecule is CC(CCc1ccc(OC(C)C)cc1)NC(=O)c1cccc(N)c1.Cl. The number of anilines is 1. The molecule has 0 aromatic heterocycles. The Bertz CT molecular complexity index is 672. The fourth-order valence-electron chi connectivity index (χ4n) is 2.45. The van der Waals surface area contributed by atoms with E-state index in [-0.39, 0.29) is 30.5 Å². The molecule has 25 heavy (non-hydrogen) atoms. The summed E-state index contributed by atoms with van der Waals surface area (Å²) in [5.41, 5.74) is 8.14. The number of nitrogens with one attached hydrogen (secondary N) is 1. The number of carbonyl (C=O) groups excluding carboxylic acids is 1. The second kappa shape index (κ2) is 9.94. The normalized spacial score (nSPS) is 11.5. The van der Waals surface area contributed by atoms with Crippen molar-refractivity contribution in [3.05, 3.63) is 59.7 Å². The average Bonchev–Trinajstić information content (AvgIpc) is 2.53. The average molecular weight is 363 g/mol. The van der Waals surface area contributed by atoms with Crippen molar-refractivity contribution in [3.8, 4) is 5.75 Å². The van der Waals surface area contributed by atoms with Gasteiger partial charge in [0.25, 0.3) is 5.91 Å². The van der Waals surface area contributed by atoms with Gasteiger partial charge in [0.05, 0.1) is 6.10 Å². The number of benzene rings is 2. The van der Waals surface area contributed by atoms with E-state index < -0.39 is 0 Å². The van der Waals surface area contributed by atoms with E-state index in [0.717, 1.165) is 18.6 Å². The minimum Gasteiger partial charge on any atom is -0.491 e. The van der Waals surface area contributed by atoms with Gasteiger partial charge >= 0.3 is 0 Å². The highest BCUT2D eigenvalue weighted by Gasteiger charge is 2.10. The first-order chi connectivity index (χ1) is 11.4. The molecule has 0 fully saturated rings. The molecule has 0 aliphatic heterocycles. The van der Waals surface area contributed by atoms with Gasteiger partial charge in [-0.15, -0.1) is 12.4 Å². The first kappa shape index (κ1) is 20.8. The van der Waals surface area contributed by atoms with E-state index in [2.05, 4.69) is 17.4 Å². The first-order valence-corrected chi connectivity index (χ1v) is 8.36. The molecule has 5 heteroatoms. The number of hydrogen-bond donors (Lipinski definition) is 2. The zero-order valence-electron chi connectivity index (χ0n) is 15.0. The Labute approximate surface area is 156 Å². The molecule has 2 aromatic carbocycles. The summed E-state index contributed by atoms with van der Waals surface area (Å²) in [5.74, 6) is 0.798. The fraction of sp³-hybridized carbons (Fsp3) is 0.350. The summed E-state index contributed by atoms with van der Waals surface area (Å²) in [6.07, 6.45) is 1.96. The summed E-state index contributed by atoms with van der Waals surface area (Å²) in [7, 11) is 0. The molecule has 0 aliphatic carbocycles. The Balaban J connectivity index is 0.00000312. The maximum Gasteiger partial charge on any atom is 0.251 e. The molecule has 0 spiro atoms. The largest absolute Gasteiger partial charge is 0.491 e. The molecule has 136 valence electrons. The Morgan fingerprint density at radius 1 is 1.12 bits per heavy atom. The van der Waals surface area contributed by atoms with Crippen LogP contribution in [0.25, 0.3) is 0 Å². The maximum atomic E-state index is 12.2. The van der Waals surface area contributed by atoms with Crippen molar-refractivity contribution >= 4 is 24.0 Å². The van der Waals surface area contributed by atoms with Crippen LogP contribution in [0.15, 0.2) is 48.5 Å². The van der Waals surface area contributed by atoms with Gasteiger partial charge in [-0.3, -0.25) is 4.79 Å². The van der Waals surface area contributed by atoms with Gasteiger partial charge in [-0.25, -0.2) is 0 Å². The van der Waals surface area contributed by atoms with Crippen LogP contribution in [0.2, 0.25) is 0 Å². The number of amides is 1. The number of rotatable bonds is 7. The van der Waals surface area contributed by atoms with E-state index in [1.165, 1.54) is 5.56 Å². The van der Waals surface area contributed by atoms with Crippen LogP contribution in [-0.4, -0.2) is 18.1 Å². The maximum absolute atomic E-state index is 12.2. The summed E-state index contributed by atoms with van der Waals surface area (Å²) in [5, 5.41) is 3.01. The molecule has 0 saturated carbocycles. The topological polar surface area (TPSA) is 64.3 Å². The molecule has 4 nitrogen and oxygen atoms in total. The van der Waals surface area contributed by atoms with Crippen LogP contribution in [0.1, 0.15) is 43.1 Å². The van der Waals surface area contributed by atoms with E-state index in [0.29, 0.717) is 11.3 Å². The molecule has 0 aliphatic rings. The first-order valence-electron chi connectivity index (χ1n) is 8.36. The summed E-state index contributed by atoms with van der Waals surface area (Å²) in [6, 6.07) is 15.2. The molecule has 3 N–H and O–H groups in total. The van der Waals surface area contributed by atoms with Crippen molar-refractivity contribution in [1.29, 1.82) is 0 Å². The van der Waals surface area contributed by atoms with Crippen LogP contribution in [0.5, 0.6) is 5.75 Å². The standard InChI is InChI=1S/C20H26N2O2.ClH/c1-14(2)24-19-11-9-16(10-12-19)8-7-15(3)22-20(23)17-5-4-6-18(21)13-17;/h4-6,9-15H,7-8,21H2,1-3H3,(H,22,23);1H. The third-order valence-corrected chi connectivity index (χ3v) is 3.69. The van der Waals surface area contributed by atoms with Crippen LogP contribution in [0.4, 0.5) is 5.69 Å². The molecular formula is C20H27ClN2O2. The monoisotopic (exact) mass is 362 g/mol. The van der Waals surface area contributed by atoms with E-state index in [9.17, 15) is 4.79 Å². The third kappa shape index (κ3) is 7.06. The third-order valence-electron chi connectivity index (χ3n) is 3.69. The van der Waals surface area contributed by atoms with Gasteiger partial charge in [0.1, 0.15) is 5.75 Å². The Hall–Kier alpha value is -2.20. The molecule has 0 radical (unpaired) electrons. The number of halogens is 1. The van der Waals surface area contributed by atoms with Crippen molar-refractivity contribution < 1.29 is 9.53 Å². The lowest BCUT2D eigenvalue weighted by molar-refractivity contribution is 0.0938. The van der Waals surface area contributed by atoms with E-state index in [4.69, 9.17) is 10.5 Å². The van der Waals surface area contributed by atoms with Gasteiger partial charge in [0, 0.05) is 17.3 Å². The number of ether oxygens (including phenoxy) is 1. The van der Waals surface area contributed by atoms with E-state index in [1.54, 1.807) is 24.3 Å². The highest BCUT2D eigenvalue weighted by molar-refractivity contribution is 5.95. The van der Waals surface area contributed by atoms with Crippen LogP contribution in [0, 0.1) is 0 Å². The molecule has 1 amide bonds. The van der Waals surface area contributed by atoms with Crippen molar-refractivity contribution in [2.75, 3.05) is 5.73 Å². The Morgan fingerprint density at radius 3 is 2.40 bits per heavy atom. The molecular weight excluding hydrogens is 336 g/mol. The minimum absolute atomic E-state index is 0. The number of hydrogen-bond acceptors (Lipinski definition) is 3. The summed E-state index contributed by atoms with van der Waals surface area (Å²) < 4.78 is 5.64. The lowest BCUT2D eigenvalue weighted by atomic mass is 10.1. The number of nitrogens with two attached hydrogens (primary N) is 1. The molecule has 2 aromatic rings. The highest BCUT2D eigenvalue weighted by atomic mass is 35.5. The van der Waals surface area contributed by atoms with Gasteiger partial charge in [0.2, 0.25) is 0 Å². The summed E-state index contributed by atoms with van der Waals surface area (Å²) >= 11 is 0. The lowest BCUT2D eigenvalue weighted by Crippen LogP contribution is -2.32. The quantitative estimate of drug-likeness (QED) is 0.724. The van der Waals surface area contributed by atoms with Crippen LogP contribution in [-0.2, 0) is 6.42 Å². The lowest BCUT2D eigenvalue weighted by Gasteiger charge is -2.14. The summed E-state index contributed by atoms with van der Waals surface area (Å²) in [6.45, 7) is 6.04. The molecule has 0 saturated heterocycles. The smallest absolute Gasteiger partial charge is 0.251 e. The fourth-order valence-corrected chi connectivity index (χ4v) is 2.45. The second-order valence-corrected chi connectivity index (χ2v) is 6.35. The van der Waals surface area contributed by atoms with E-state index in [1.807, 2.05) is 32.9 Å². The van der Waals surface area contributed by atoms with Crippen LogP contribution in [0.3, 0.4) is 0 Å². The molecule has 1 atom stereocenters. The van der Waals surface area contributed by atoms with Gasteiger partial charge in [-0.05, 0) is 69.5 Å². The molecule has 1 unspecified atom stereocenters. The number of carbonyl (C=O) groups is 1. The molecule has 2 rings (SSSR count). The summed E-state index contributed by atoms with van der Waals surface area (Å²) in [4.78, 5) is 12.2. The highest BCUT2D eigenvalue weighted by Crippen LogP contribution is 2.15. The molecule has 0 bridgehead atoms. The molecule has 0 heterocycles. The van der Waals surface area contributed by atoms with Crippen molar-refractivity contribution in [2.45, 2.75) is 45.8 Å². The zero-order valence-corrected chi connectivity index (χ0v) is 15.8. The minimum atomic E-state index is -0.0875. The predicted octanol–water partition coefficient (Wildman–Crippen LogP) is 4.23. The van der Waals surface area contributed by atoms with Gasteiger partial charge in [-0.1, -0.05) is 18.2 Å². The van der Waals surface area contributed by atoms with Crippen LogP contribution >= 0.6 is 12.4 Å². The Kier molecular flexibility index (Phi) is 8.29. The Morgan fingerprint density at radius 2 is 1.80 bits per heavy atom. The van der Waals surface area contributed by atoms with Crippen LogP contribution < -0.4 is 15.8 Å². The van der Waals surface area contributed by atoms with Crippen molar-refractivity contribution in [1.82, 2.24) is 5.32 Å². The van der Waals surface area contributed by atoms with Gasteiger partial charge in [-0.2, -0.15) is 0 Å². The second-order valence-electron chi connectivity index (χ2n) is 6.35. The van der Waals surface area contributed by atoms with E-state index >= 15 is 0 Å². The van der Waals surface area contributed by atoms with Gasteiger partial charge in [0.15, 0.2) is 0 Å². The number of aryl methyl sites for hydroxylation is 1. The van der Waals surface area contributed by atoms with Gasteiger partial charge < -0.3 is 15.8 Å². The number of nitrogen functional groups attached to an aromatic ring is 1. The van der Waals surface area contributed by atoms with Crippen molar-refractivity contribution in [2.24, 2.45) is 0 Å². The predicted molar refractivity (Wildman–Crippen MR) is 106 cm³/mol.